The molecule has 1 heterocycles. The van der Waals surface area contributed by atoms with Gasteiger partial charge in [0.25, 0.3) is 0 Å². The maximum Gasteiger partial charge on any atom is 0.410 e. The molecule has 2 rings (SSSR count). The Bertz CT molecular complexity index is 576. The lowest BCUT2D eigenvalue weighted by atomic mass is 10.1. The van der Waals surface area contributed by atoms with Gasteiger partial charge in [0.2, 0.25) is 0 Å². The fraction of sp³-hybridized carbons (Fsp3) is 0.588. The molecule has 0 atom stereocenters. The molecule has 1 saturated heterocycles. The van der Waals surface area contributed by atoms with E-state index in [9.17, 15) is 4.79 Å². The van der Waals surface area contributed by atoms with Crippen molar-refractivity contribution >= 4 is 23.4 Å². The van der Waals surface area contributed by atoms with Crippen LogP contribution in [-0.2, 0) is 11.3 Å². The number of nitrogen functional groups attached to an aromatic ring is 1. The zero-order chi connectivity index (χ0) is 17.2. The first-order valence-corrected chi connectivity index (χ1v) is 8.28. The number of halogens is 1. The third-order valence-electron chi connectivity index (χ3n) is 3.94. The Morgan fingerprint density at radius 1 is 1.26 bits per heavy atom. The summed E-state index contributed by atoms with van der Waals surface area (Å²) in [6, 6.07) is 3.74. The van der Waals surface area contributed by atoms with E-state index < -0.39 is 5.60 Å². The second-order valence-electron chi connectivity index (χ2n) is 7.02. The lowest BCUT2D eigenvalue weighted by Gasteiger charge is -2.35. The standard InChI is InChI=1S/C17H26ClN3O2/c1-12-13(9-14(18)10-15(12)19)11-20-5-7-21(8-6-20)16(22)23-17(2,3)4/h9-10H,5-8,11,19H2,1-4H3. The average molecular weight is 340 g/mol. The van der Waals surface area contributed by atoms with Crippen molar-refractivity contribution in [3.63, 3.8) is 0 Å². The van der Waals surface area contributed by atoms with Gasteiger partial charge in [-0.2, -0.15) is 0 Å². The molecule has 0 radical (unpaired) electrons. The first-order valence-electron chi connectivity index (χ1n) is 7.90. The van der Waals surface area contributed by atoms with Crippen molar-refractivity contribution in [1.29, 1.82) is 0 Å². The molecular formula is C17H26ClN3O2. The fourth-order valence-electron chi connectivity index (χ4n) is 2.58. The third-order valence-corrected chi connectivity index (χ3v) is 4.16. The zero-order valence-corrected chi connectivity index (χ0v) is 15.1. The number of benzene rings is 1. The summed E-state index contributed by atoms with van der Waals surface area (Å²) in [5.41, 5.74) is 8.45. The minimum atomic E-state index is -0.455. The van der Waals surface area contributed by atoms with Crippen molar-refractivity contribution in [1.82, 2.24) is 9.80 Å². The fourth-order valence-corrected chi connectivity index (χ4v) is 2.83. The van der Waals surface area contributed by atoms with Gasteiger partial charge in [-0.3, -0.25) is 4.90 Å². The second-order valence-corrected chi connectivity index (χ2v) is 7.46. The van der Waals surface area contributed by atoms with Gasteiger partial charge in [0, 0.05) is 43.4 Å². The predicted molar refractivity (Wildman–Crippen MR) is 93.7 cm³/mol. The number of ether oxygens (including phenoxy) is 1. The van der Waals surface area contributed by atoms with Crippen molar-refractivity contribution in [2.75, 3.05) is 31.9 Å². The van der Waals surface area contributed by atoms with Gasteiger partial charge in [0.1, 0.15) is 5.60 Å². The molecule has 5 nitrogen and oxygen atoms in total. The molecule has 0 aromatic heterocycles. The van der Waals surface area contributed by atoms with E-state index in [4.69, 9.17) is 22.1 Å². The summed E-state index contributed by atoms with van der Waals surface area (Å²) in [5.74, 6) is 0. The first-order chi connectivity index (χ1) is 10.7. The van der Waals surface area contributed by atoms with Crippen molar-refractivity contribution in [3.05, 3.63) is 28.3 Å². The number of amides is 1. The Kier molecular flexibility index (Phi) is 5.42. The highest BCUT2D eigenvalue weighted by molar-refractivity contribution is 6.31. The highest BCUT2D eigenvalue weighted by Gasteiger charge is 2.26. The minimum absolute atomic E-state index is 0.236. The highest BCUT2D eigenvalue weighted by atomic mass is 35.5. The van der Waals surface area contributed by atoms with Crippen LogP contribution in [0.2, 0.25) is 5.02 Å². The molecule has 6 heteroatoms. The maximum atomic E-state index is 12.1. The number of nitrogens with two attached hydrogens (primary N) is 1. The summed E-state index contributed by atoms with van der Waals surface area (Å²) in [5, 5.41) is 0.662. The molecule has 0 unspecified atom stereocenters. The molecule has 1 fully saturated rings. The van der Waals surface area contributed by atoms with E-state index in [1.54, 1.807) is 11.0 Å². The van der Waals surface area contributed by atoms with Gasteiger partial charge >= 0.3 is 6.09 Å². The molecule has 0 spiro atoms. The summed E-state index contributed by atoms with van der Waals surface area (Å²) in [6.45, 7) is 11.4. The summed E-state index contributed by atoms with van der Waals surface area (Å²) in [7, 11) is 0. The van der Waals surface area contributed by atoms with Gasteiger partial charge in [-0.1, -0.05) is 11.6 Å². The van der Waals surface area contributed by atoms with Gasteiger partial charge < -0.3 is 15.4 Å². The largest absolute Gasteiger partial charge is 0.444 e. The van der Waals surface area contributed by atoms with E-state index >= 15 is 0 Å². The van der Waals surface area contributed by atoms with Gasteiger partial charge in [-0.25, -0.2) is 4.79 Å². The van der Waals surface area contributed by atoms with E-state index in [-0.39, 0.29) is 6.09 Å². The van der Waals surface area contributed by atoms with Crippen LogP contribution < -0.4 is 5.73 Å². The van der Waals surface area contributed by atoms with Crippen molar-refractivity contribution in [2.45, 2.75) is 39.8 Å². The average Bonchev–Trinajstić information content (AvgIpc) is 2.43. The molecule has 0 aliphatic carbocycles. The number of nitrogens with zero attached hydrogens (tertiary/aromatic N) is 2. The molecule has 1 aliphatic rings. The van der Waals surface area contributed by atoms with E-state index in [0.717, 1.165) is 36.4 Å². The van der Waals surface area contributed by atoms with Gasteiger partial charge in [0.05, 0.1) is 0 Å². The number of rotatable bonds is 2. The molecule has 2 N–H and O–H groups in total. The zero-order valence-electron chi connectivity index (χ0n) is 14.4. The minimum Gasteiger partial charge on any atom is -0.444 e. The normalized spacial score (nSPS) is 16.5. The van der Waals surface area contributed by atoms with Crippen LogP contribution in [0.15, 0.2) is 12.1 Å². The summed E-state index contributed by atoms with van der Waals surface area (Å²) in [4.78, 5) is 16.1. The number of hydrogen-bond acceptors (Lipinski definition) is 4. The van der Waals surface area contributed by atoms with E-state index in [1.807, 2.05) is 33.8 Å². The summed E-state index contributed by atoms with van der Waals surface area (Å²) >= 11 is 6.10. The van der Waals surface area contributed by atoms with Crippen LogP contribution in [0.1, 0.15) is 31.9 Å². The molecule has 128 valence electrons. The van der Waals surface area contributed by atoms with Gasteiger partial charge in [0.15, 0.2) is 0 Å². The maximum absolute atomic E-state index is 12.1. The van der Waals surface area contributed by atoms with E-state index in [1.165, 1.54) is 0 Å². The molecule has 0 bridgehead atoms. The quantitative estimate of drug-likeness (QED) is 0.840. The molecular weight excluding hydrogens is 314 g/mol. The smallest absolute Gasteiger partial charge is 0.410 e. The Morgan fingerprint density at radius 3 is 2.43 bits per heavy atom. The van der Waals surface area contributed by atoms with E-state index in [0.29, 0.717) is 18.1 Å². The number of carbonyl (C=O) groups excluding carboxylic acids is 1. The Morgan fingerprint density at radius 2 is 1.87 bits per heavy atom. The van der Waals surface area contributed by atoms with Crippen LogP contribution in [0.25, 0.3) is 0 Å². The van der Waals surface area contributed by atoms with Crippen LogP contribution in [-0.4, -0.2) is 47.7 Å². The van der Waals surface area contributed by atoms with Crippen LogP contribution in [0, 0.1) is 6.92 Å². The molecule has 1 aromatic rings. The number of hydrogen-bond donors (Lipinski definition) is 1. The monoisotopic (exact) mass is 339 g/mol. The number of anilines is 1. The third kappa shape index (κ3) is 5.01. The first kappa shape index (κ1) is 17.9. The van der Waals surface area contributed by atoms with Crippen LogP contribution in [0.4, 0.5) is 10.5 Å². The highest BCUT2D eigenvalue weighted by Crippen LogP contribution is 2.24. The van der Waals surface area contributed by atoms with Crippen molar-refractivity contribution < 1.29 is 9.53 Å². The molecule has 23 heavy (non-hydrogen) atoms. The number of carbonyl (C=O) groups is 1. The predicted octanol–water partition coefficient (Wildman–Crippen LogP) is 3.28. The van der Waals surface area contributed by atoms with E-state index in [2.05, 4.69) is 4.90 Å². The van der Waals surface area contributed by atoms with Gasteiger partial charge in [-0.05, 0) is 51.0 Å². The number of piperazine rings is 1. The summed E-state index contributed by atoms with van der Waals surface area (Å²) < 4.78 is 5.42. The molecule has 1 aromatic carbocycles. The Balaban J connectivity index is 1.92. The molecule has 1 aliphatic heterocycles. The van der Waals surface area contributed by atoms with Crippen molar-refractivity contribution in [2.24, 2.45) is 0 Å². The Labute approximate surface area is 143 Å². The van der Waals surface area contributed by atoms with Gasteiger partial charge in [-0.15, -0.1) is 0 Å². The van der Waals surface area contributed by atoms with Crippen LogP contribution in [0.3, 0.4) is 0 Å². The van der Waals surface area contributed by atoms with Crippen LogP contribution in [0.5, 0.6) is 0 Å². The second kappa shape index (κ2) is 6.97. The Hall–Kier alpha value is -1.46. The lowest BCUT2D eigenvalue weighted by molar-refractivity contribution is 0.0139. The SMILES string of the molecule is Cc1c(N)cc(Cl)cc1CN1CCN(C(=O)OC(C)(C)C)CC1. The molecule has 1 amide bonds. The summed E-state index contributed by atoms with van der Waals surface area (Å²) in [6.07, 6.45) is -0.236. The lowest BCUT2D eigenvalue weighted by Crippen LogP contribution is -2.49. The topological polar surface area (TPSA) is 58.8 Å². The molecule has 0 saturated carbocycles. The van der Waals surface area contributed by atoms with Crippen molar-refractivity contribution in [3.8, 4) is 0 Å². The van der Waals surface area contributed by atoms with Crippen LogP contribution >= 0.6 is 11.6 Å².